The van der Waals surface area contributed by atoms with Crippen LogP contribution in [-0.2, 0) is 4.79 Å². The molecule has 0 bridgehead atoms. The van der Waals surface area contributed by atoms with Gasteiger partial charge in [0.2, 0.25) is 5.91 Å². The van der Waals surface area contributed by atoms with E-state index in [0.29, 0.717) is 17.1 Å². The van der Waals surface area contributed by atoms with Crippen LogP contribution in [0.3, 0.4) is 0 Å². The monoisotopic (exact) mass is 369 g/mol. The Bertz CT molecular complexity index is 750. The van der Waals surface area contributed by atoms with Gasteiger partial charge in [0.15, 0.2) is 5.16 Å². The quantitative estimate of drug-likeness (QED) is 0.617. The summed E-state index contributed by atoms with van der Waals surface area (Å²) in [5.41, 5.74) is 2.87. The molecule has 3 atom stereocenters. The largest absolute Gasteiger partial charge is 0.352 e. The number of nitrogens with one attached hydrogen (secondary N) is 1. The van der Waals surface area contributed by atoms with Gasteiger partial charge in [0, 0.05) is 17.3 Å². The fraction of sp³-hybridized carbons (Fsp3) is 0.476. The van der Waals surface area contributed by atoms with Crippen molar-refractivity contribution in [2.75, 3.05) is 0 Å². The number of rotatable bonds is 5. The molecule has 26 heavy (non-hydrogen) atoms. The first kappa shape index (κ1) is 18.9. The van der Waals surface area contributed by atoms with Crippen LogP contribution in [0.2, 0.25) is 0 Å². The van der Waals surface area contributed by atoms with Crippen LogP contribution < -0.4 is 5.32 Å². The van der Waals surface area contributed by atoms with Crippen molar-refractivity contribution in [1.29, 1.82) is 0 Å². The van der Waals surface area contributed by atoms with E-state index in [1.165, 1.54) is 31.0 Å². The fourth-order valence-electron chi connectivity index (χ4n) is 3.39. The van der Waals surface area contributed by atoms with Crippen LogP contribution in [0.1, 0.15) is 45.2 Å². The van der Waals surface area contributed by atoms with E-state index < -0.39 is 0 Å². The van der Waals surface area contributed by atoms with Crippen molar-refractivity contribution in [2.24, 2.45) is 5.92 Å². The zero-order chi connectivity index (χ0) is 18.5. The van der Waals surface area contributed by atoms with Gasteiger partial charge in [0.1, 0.15) is 0 Å². The molecular weight excluding hydrogens is 342 g/mol. The number of carbonyl (C=O) groups is 1. The second kappa shape index (κ2) is 8.67. The third-order valence-corrected chi connectivity index (χ3v) is 5.95. The summed E-state index contributed by atoms with van der Waals surface area (Å²) in [5, 5.41) is 3.68. The highest BCUT2D eigenvalue weighted by Gasteiger charge is 2.25. The van der Waals surface area contributed by atoms with Crippen molar-refractivity contribution in [3.63, 3.8) is 0 Å². The lowest BCUT2D eigenvalue weighted by molar-refractivity contribution is -0.121. The first-order chi connectivity index (χ1) is 12.5. The highest BCUT2D eigenvalue weighted by atomic mass is 32.2. The molecule has 138 valence electrons. The standard InChI is InChI=1S/C21H27N3OS/c1-14-9-7-8-12-18(14)23-20(25)16(3)26-21-22-15(2)13-19(24-21)17-10-5-4-6-11-17/h4-6,10-11,13-14,16,18H,7-9,12H2,1-3H3,(H,23,25)/t14-,16-,18+/m0/s1. The third kappa shape index (κ3) is 4.85. The molecule has 1 saturated carbocycles. The smallest absolute Gasteiger partial charge is 0.233 e. The van der Waals surface area contributed by atoms with Crippen molar-refractivity contribution in [2.45, 2.75) is 62.9 Å². The number of hydrogen-bond donors (Lipinski definition) is 1. The lowest BCUT2D eigenvalue weighted by atomic mass is 9.86. The Hall–Kier alpha value is -1.88. The lowest BCUT2D eigenvalue weighted by Crippen LogP contribution is -2.44. The van der Waals surface area contributed by atoms with Crippen LogP contribution in [0.5, 0.6) is 0 Å². The topological polar surface area (TPSA) is 54.9 Å². The summed E-state index contributed by atoms with van der Waals surface area (Å²) in [6.45, 7) is 6.13. The number of benzene rings is 1. The van der Waals surface area contributed by atoms with E-state index in [0.717, 1.165) is 23.4 Å². The number of amides is 1. The fourth-order valence-corrected chi connectivity index (χ4v) is 4.23. The Kier molecular flexibility index (Phi) is 6.30. The molecule has 5 heteroatoms. The minimum absolute atomic E-state index is 0.0834. The summed E-state index contributed by atoms with van der Waals surface area (Å²) >= 11 is 1.43. The van der Waals surface area contributed by atoms with Gasteiger partial charge in [-0.15, -0.1) is 0 Å². The molecule has 1 fully saturated rings. The Morgan fingerprint density at radius 2 is 1.92 bits per heavy atom. The zero-order valence-corrected chi connectivity index (χ0v) is 16.6. The van der Waals surface area contributed by atoms with E-state index >= 15 is 0 Å². The number of carbonyl (C=O) groups excluding carboxylic acids is 1. The van der Waals surface area contributed by atoms with Crippen molar-refractivity contribution in [1.82, 2.24) is 15.3 Å². The molecule has 1 aliphatic rings. The van der Waals surface area contributed by atoms with Gasteiger partial charge < -0.3 is 5.32 Å². The maximum atomic E-state index is 12.6. The molecule has 4 nitrogen and oxygen atoms in total. The second-order valence-electron chi connectivity index (χ2n) is 7.18. The molecule has 0 aliphatic heterocycles. The SMILES string of the molecule is Cc1cc(-c2ccccc2)nc(S[C@@H](C)C(=O)N[C@@H]2CCCC[C@@H]2C)n1. The number of aromatic nitrogens is 2. The average molecular weight is 370 g/mol. The summed E-state index contributed by atoms with van der Waals surface area (Å²) in [7, 11) is 0. The minimum Gasteiger partial charge on any atom is -0.352 e. The number of hydrogen-bond acceptors (Lipinski definition) is 4. The van der Waals surface area contributed by atoms with E-state index in [1.807, 2.05) is 50.2 Å². The summed E-state index contributed by atoms with van der Waals surface area (Å²) in [6, 6.07) is 12.4. The Morgan fingerprint density at radius 1 is 1.19 bits per heavy atom. The highest BCUT2D eigenvalue weighted by molar-refractivity contribution is 8.00. The first-order valence-electron chi connectivity index (χ1n) is 9.41. The predicted octanol–water partition coefficient (Wildman–Crippen LogP) is 4.63. The van der Waals surface area contributed by atoms with E-state index in [2.05, 4.69) is 22.2 Å². The molecule has 1 aromatic heterocycles. The van der Waals surface area contributed by atoms with Crippen molar-refractivity contribution in [3.8, 4) is 11.3 Å². The summed E-state index contributed by atoms with van der Waals surface area (Å²) in [5.74, 6) is 0.643. The van der Waals surface area contributed by atoms with Crippen molar-refractivity contribution in [3.05, 3.63) is 42.1 Å². The highest BCUT2D eigenvalue weighted by Crippen LogP contribution is 2.27. The van der Waals surface area contributed by atoms with Crippen LogP contribution in [0.25, 0.3) is 11.3 Å². The van der Waals surface area contributed by atoms with Gasteiger partial charge in [0.05, 0.1) is 10.9 Å². The van der Waals surface area contributed by atoms with Crippen LogP contribution in [0.15, 0.2) is 41.6 Å². The molecule has 0 radical (unpaired) electrons. The second-order valence-corrected chi connectivity index (χ2v) is 8.49. The molecule has 1 amide bonds. The molecule has 1 aliphatic carbocycles. The zero-order valence-electron chi connectivity index (χ0n) is 15.7. The molecule has 0 saturated heterocycles. The van der Waals surface area contributed by atoms with Crippen LogP contribution in [-0.4, -0.2) is 27.2 Å². The van der Waals surface area contributed by atoms with Gasteiger partial charge in [-0.2, -0.15) is 0 Å². The first-order valence-corrected chi connectivity index (χ1v) is 10.3. The van der Waals surface area contributed by atoms with Gasteiger partial charge in [0.25, 0.3) is 0 Å². The molecule has 0 spiro atoms. The minimum atomic E-state index is -0.213. The molecule has 2 aromatic rings. The number of thioether (sulfide) groups is 1. The van der Waals surface area contributed by atoms with Crippen LogP contribution >= 0.6 is 11.8 Å². The maximum Gasteiger partial charge on any atom is 0.233 e. The molecule has 0 unspecified atom stereocenters. The van der Waals surface area contributed by atoms with Gasteiger partial charge in [-0.25, -0.2) is 9.97 Å². The van der Waals surface area contributed by atoms with Gasteiger partial charge >= 0.3 is 0 Å². The average Bonchev–Trinajstić information content (AvgIpc) is 2.64. The van der Waals surface area contributed by atoms with E-state index in [4.69, 9.17) is 0 Å². The summed E-state index contributed by atoms with van der Waals surface area (Å²) in [6.07, 6.45) is 4.77. The Morgan fingerprint density at radius 3 is 2.65 bits per heavy atom. The van der Waals surface area contributed by atoms with Crippen molar-refractivity contribution >= 4 is 17.7 Å². The van der Waals surface area contributed by atoms with Gasteiger partial charge in [-0.3, -0.25) is 4.79 Å². The predicted molar refractivity (Wildman–Crippen MR) is 107 cm³/mol. The number of nitrogens with zero attached hydrogens (tertiary/aromatic N) is 2. The Labute approximate surface area is 160 Å². The lowest BCUT2D eigenvalue weighted by Gasteiger charge is -2.30. The van der Waals surface area contributed by atoms with Crippen molar-refractivity contribution < 1.29 is 4.79 Å². The van der Waals surface area contributed by atoms with E-state index in [-0.39, 0.29) is 11.2 Å². The van der Waals surface area contributed by atoms with E-state index in [1.54, 1.807) is 0 Å². The third-order valence-electron chi connectivity index (χ3n) is 4.99. The molecule has 1 aromatic carbocycles. The van der Waals surface area contributed by atoms with Crippen LogP contribution in [0, 0.1) is 12.8 Å². The summed E-state index contributed by atoms with van der Waals surface area (Å²) < 4.78 is 0. The molecule has 1 N–H and O–H groups in total. The van der Waals surface area contributed by atoms with Gasteiger partial charge in [-0.1, -0.05) is 61.9 Å². The Balaban J connectivity index is 1.68. The maximum absolute atomic E-state index is 12.6. The molecule has 3 rings (SSSR count). The molecular formula is C21H27N3OS. The number of aryl methyl sites for hydroxylation is 1. The normalized spacial score (nSPS) is 21.2. The van der Waals surface area contributed by atoms with Gasteiger partial charge in [-0.05, 0) is 38.7 Å². The van der Waals surface area contributed by atoms with E-state index in [9.17, 15) is 4.79 Å². The van der Waals surface area contributed by atoms with Crippen LogP contribution in [0.4, 0.5) is 0 Å². The summed E-state index contributed by atoms with van der Waals surface area (Å²) in [4.78, 5) is 21.8. The molecule has 1 heterocycles.